The zero-order valence-corrected chi connectivity index (χ0v) is 13.7. The predicted octanol–water partition coefficient (Wildman–Crippen LogP) is 4.56. The van der Waals surface area contributed by atoms with E-state index in [4.69, 9.17) is 4.74 Å². The van der Waals surface area contributed by atoms with Crippen LogP contribution in [-0.2, 0) is 6.42 Å². The normalized spacial score (nSPS) is 12.4. The second kappa shape index (κ2) is 6.19. The van der Waals surface area contributed by atoms with Gasteiger partial charge in [-0.05, 0) is 45.6 Å². The van der Waals surface area contributed by atoms with Crippen molar-refractivity contribution in [3.8, 4) is 5.75 Å². The van der Waals surface area contributed by atoms with Gasteiger partial charge in [0.2, 0.25) is 0 Å². The lowest BCUT2D eigenvalue weighted by molar-refractivity contribution is 0.174. The molecule has 96 valence electrons. The molecule has 1 heterocycles. The predicted molar refractivity (Wildman–Crippen MR) is 81.4 cm³/mol. The number of halogens is 2. The maximum atomic E-state index is 10.3. The summed E-state index contributed by atoms with van der Waals surface area (Å²) in [6, 6.07) is 7.64. The molecule has 0 aliphatic rings. The Morgan fingerprint density at radius 3 is 2.72 bits per heavy atom. The van der Waals surface area contributed by atoms with Crippen molar-refractivity contribution in [1.82, 2.24) is 0 Å². The van der Waals surface area contributed by atoms with E-state index in [0.29, 0.717) is 12.2 Å². The van der Waals surface area contributed by atoms with Gasteiger partial charge in [0.1, 0.15) is 5.75 Å². The van der Waals surface area contributed by atoms with Crippen LogP contribution in [0, 0.1) is 0 Å². The molecule has 0 spiro atoms. The molecule has 1 atom stereocenters. The summed E-state index contributed by atoms with van der Waals surface area (Å²) >= 11 is 8.52. The van der Waals surface area contributed by atoms with Gasteiger partial charge < -0.3 is 9.84 Å². The molecule has 1 unspecified atom stereocenters. The van der Waals surface area contributed by atoms with Crippen LogP contribution in [0.4, 0.5) is 0 Å². The van der Waals surface area contributed by atoms with Crippen molar-refractivity contribution in [2.45, 2.75) is 12.5 Å². The topological polar surface area (TPSA) is 29.5 Å². The number of hydrogen-bond donors (Lipinski definition) is 1. The lowest BCUT2D eigenvalue weighted by Gasteiger charge is -2.14. The highest BCUT2D eigenvalue weighted by Crippen LogP contribution is 2.33. The fourth-order valence-electron chi connectivity index (χ4n) is 1.72. The number of aliphatic hydroxyl groups excluding tert-OH is 1. The third-order valence-electron chi connectivity index (χ3n) is 2.62. The SMILES string of the molecule is COc1ccc(Br)cc1C(O)Cc1sccc1Br. The molecule has 1 aromatic carbocycles. The molecule has 0 fully saturated rings. The minimum Gasteiger partial charge on any atom is -0.496 e. The first kappa shape index (κ1) is 14.1. The van der Waals surface area contributed by atoms with Crippen molar-refractivity contribution in [3.63, 3.8) is 0 Å². The van der Waals surface area contributed by atoms with Crippen molar-refractivity contribution in [3.05, 3.63) is 49.0 Å². The summed E-state index contributed by atoms with van der Waals surface area (Å²) < 4.78 is 7.26. The van der Waals surface area contributed by atoms with Crippen LogP contribution in [0.15, 0.2) is 38.6 Å². The second-order valence-corrected chi connectivity index (χ2v) is 6.57. The summed E-state index contributed by atoms with van der Waals surface area (Å²) in [4.78, 5) is 1.13. The number of methoxy groups -OCH3 is 1. The molecule has 1 N–H and O–H groups in total. The smallest absolute Gasteiger partial charge is 0.124 e. The first-order valence-corrected chi connectivity index (χ1v) is 7.81. The molecule has 18 heavy (non-hydrogen) atoms. The summed E-state index contributed by atoms with van der Waals surface area (Å²) in [6.07, 6.45) is -0.00201. The van der Waals surface area contributed by atoms with Gasteiger partial charge in [-0.3, -0.25) is 0 Å². The van der Waals surface area contributed by atoms with Crippen LogP contribution in [0.2, 0.25) is 0 Å². The summed E-state index contributed by atoms with van der Waals surface area (Å²) in [6.45, 7) is 0. The summed E-state index contributed by atoms with van der Waals surface area (Å²) in [5, 5.41) is 12.3. The number of thiophene rings is 1. The number of aliphatic hydroxyl groups is 1. The molecular formula is C13H12Br2O2S. The van der Waals surface area contributed by atoms with Crippen molar-refractivity contribution in [2.75, 3.05) is 7.11 Å². The highest BCUT2D eigenvalue weighted by molar-refractivity contribution is 9.10. The molecule has 0 bridgehead atoms. The van der Waals surface area contributed by atoms with E-state index in [1.807, 2.05) is 29.6 Å². The lowest BCUT2D eigenvalue weighted by atomic mass is 10.0. The number of benzene rings is 1. The Morgan fingerprint density at radius 2 is 2.11 bits per heavy atom. The molecule has 0 saturated carbocycles. The third-order valence-corrected chi connectivity index (χ3v) is 5.06. The number of rotatable bonds is 4. The minimum absolute atomic E-state index is 0.574. The Bertz CT molecular complexity index is 540. The average molecular weight is 392 g/mol. The quantitative estimate of drug-likeness (QED) is 0.827. The third kappa shape index (κ3) is 3.15. The van der Waals surface area contributed by atoms with Crippen LogP contribution in [-0.4, -0.2) is 12.2 Å². The van der Waals surface area contributed by atoms with Crippen molar-refractivity contribution in [1.29, 1.82) is 0 Å². The molecule has 0 radical (unpaired) electrons. The van der Waals surface area contributed by atoms with E-state index >= 15 is 0 Å². The van der Waals surface area contributed by atoms with Gasteiger partial charge in [-0.15, -0.1) is 11.3 Å². The van der Waals surface area contributed by atoms with E-state index in [1.165, 1.54) is 0 Å². The molecule has 1 aromatic heterocycles. The Hall–Kier alpha value is -0.360. The van der Waals surface area contributed by atoms with Crippen LogP contribution < -0.4 is 4.74 Å². The lowest BCUT2D eigenvalue weighted by Crippen LogP contribution is -2.03. The van der Waals surface area contributed by atoms with Gasteiger partial charge in [-0.25, -0.2) is 0 Å². The van der Waals surface area contributed by atoms with Crippen molar-refractivity contribution < 1.29 is 9.84 Å². The fraction of sp³-hybridized carbons (Fsp3) is 0.231. The van der Waals surface area contributed by atoms with Gasteiger partial charge in [0.05, 0.1) is 13.2 Å². The largest absolute Gasteiger partial charge is 0.496 e. The van der Waals surface area contributed by atoms with Gasteiger partial charge in [-0.1, -0.05) is 15.9 Å². The van der Waals surface area contributed by atoms with Crippen LogP contribution in [0.25, 0.3) is 0 Å². The molecule has 2 nitrogen and oxygen atoms in total. The maximum Gasteiger partial charge on any atom is 0.124 e. The zero-order valence-electron chi connectivity index (χ0n) is 9.69. The van der Waals surface area contributed by atoms with E-state index in [-0.39, 0.29) is 0 Å². The summed E-state index contributed by atoms with van der Waals surface area (Å²) in [7, 11) is 1.61. The monoisotopic (exact) mass is 390 g/mol. The molecule has 2 rings (SSSR count). The molecule has 5 heteroatoms. The molecular weight excluding hydrogens is 380 g/mol. The highest BCUT2D eigenvalue weighted by atomic mass is 79.9. The number of ether oxygens (including phenoxy) is 1. The zero-order chi connectivity index (χ0) is 13.1. The van der Waals surface area contributed by atoms with Crippen molar-refractivity contribution >= 4 is 43.2 Å². The highest BCUT2D eigenvalue weighted by Gasteiger charge is 2.16. The molecule has 0 aliphatic carbocycles. The molecule has 2 aromatic rings. The van der Waals surface area contributed by atoms with Crippen LogP contribution in [0.3, 0.4) is 0 Å². The van der Waals surface area contributed by atoms with Crippen molar-refractivity contribution in [2.24, 2.45) is 0 Å². The van der Waals surface area contributed by atoms with E-state index < -0.39 is 6.10 Å². The Labute approximate surface area is 127 Å². The van der Waals surface area contributed by atoms with Crippen LogP contribution in [0.5, 0.6) is 5.75 Å². The van der Waals surface area contributed by atoms with Gasteiger partial charge in [0, 0.05) is 25.8 Å². The van der Waals surface area contributed by atoms with Gasteiger partial charge >= 0.3 is 0 Å². The second-order valence-electron chi connectivity index (χ2n) is 3.80. The van der Waals surface area contributed by atoms with E-state index in [1.54, 1.807) is 18.4 Å². The molecule has 0 saturated heterocycles. The Kier molecular flexibility index (Phi) is 4.84. The summed E-state index contributed by atoms with van der Waals surface area (Å²) in [5.74, 6) is 0.707. The standard InChI is InChI=1S/C13H12Br2O2S/c1-17-12-3-2-8(14)6-9(12)11(16)7-13-10(15)4-5-18-13/h2-6,11,16H,7H2,1H3. The number of hydrogen-bond acceptors (Lipinski definition) is 3. The van der Waals surface area contributed by atoms with Crippen LogP contribution >= 0.6 is 43.2 Å². The molecule has 0 aliphatic heterocycles. The fourth-order valence-corrected chi connectivity index (χ4v) is 3.65. The first-order valence-electron chi connectivity index (χ1n) is 5.35. The van der Waals surface area contributed by atoms with E-state index in [2.05, 4.69) is 31.9 Å². The Morgan fingerprint density at radius 1 is 1.33 bits per heavy atom. The average Bonchev–Trinajstić information content (AvgIpc) is 2.75. The minimum atomic E-state index is -0.576. The van der Waals surface area contributed by atoms with Crippen LogP contribution in [0.1, 0.15) is 16.5 Å². The van der Waals surface area contributed by atoms with E-state index in [9.17, 15) is 5.11 Å². The van der Waals surface area contributed by atoms with Gasteiger partial charge in [0.25, 0.3) is 0 Å². The maximum absolute atomic E-state index is 10.3. The van der Waals surface area contributed by atoms with Gasteiger partial charge in [0.15, 0.2) is 0 Å². The first-order chi connectivity index (χ1) is 8.61. The van der Waals surface area contributed by atoms with Gasteiger partial charge in [-0.2, -0.15) is 0 Å². The summed E-state index contributed by atoms with van der Waals surface area (Å²) in [5.41, 5.74) is 0.798. The van der Waals surface area contributed by atoms with E-state index in [0.717, 1.165) is 19.4 Å². The Balaban J connectivity index is 2.25. The molecule has 0 amide bonds.